The van der Waals surface area contributed by atoms with Gasteiger partial charge in [-0.3, -0.25) is 4.79 Å². The third-order valence-electron chi connectivity index (χ3n) is 4.02. The Morgan fingerprint density at radius 2 is 1.83 bits per heavy atom. The zero-order valence-electron chi connectivity index (χ0n) is 10.9. The molecule has 1 saturated carbocycles. The minimum atomic E-state index is -2.93. The van der Waals surface area contributed by atoms with E-state index in [2.05, 4.69) is 5.32 Å². The van der Waals surface area contributed by atoms with E-state index in [1.165, 1.54) is 32.1 Å². The van der Waals surface area contributed by atoms with Gasteiger partial charge in [0.05, 0.1) is 11.5 Å². The van der Waals surface area contributed by atoms with E-state index in [1.807, 2.05) is 0 Å². The molecule has 0 radical (unpaired) electrons. The van der Waals surface area contributed by atoms with Crippen LogP contribution in [0, 0.1) is 5.92 Å². The summed E-state index contributed by atoms with van der Waals surface area (Å²) in [7, 11) is -2.93. The largest absolute Gasteiger partial charge is 0.312 e. The van der Waals surface area contributed by atoms with Crippen LogP contribution in [0.1, 0.15) is 44.9 Å². The van der Waals surface area contributed by atoms with Crippen LogP contribution in [0.3, 0.4) is 0 Å². The van der Waals surface area contributed by atoms with E-state index in [9.17, 15) is 13.2 Å². The van der Waals surface area contributed by atoms with Crippen LogP contribution in [0.15, 0.2) is 0 Å². The van der Waals surface area contributed by atoms with Crippen LogP contribution in [0.4, 0.5) is 0 Å². The van der Waals surface area contributed by atoms with Crippen molar-refractivity contribution in [2.24, 2.45) is 5.92 Å². The molecule has 0 aromatic rings. The summed E-state index contributed by atoms with van der Waals surface area (Å²) in [4.78, 5) is 12.0. The predicted octanol–water partition coefficient (Wildman–Crippen LogP) is 1.30. The summed E-state index contributed by atoms with van der Waals surface area (Å²) in [6, 6.07) is -0.153. The highest BCUT2D eigenvalue weighted by molar-refractivity contribution is 7.91. The highest BCUT2D eigenvalue weighted by atomic mass is 32.2. The highest BCUT2D eigenvalue weighted by Crippen LogP contribution is 2.27. The van der Waals surface area contributed by atoms with Gasteiger partial charge in [-0.2, -0.15) is 0 Å². The molecule has 2 aliphatic rings. The molecule has 1 aliphatic heterocycles. The van der Waals surface area contributed by atoms with Gasteiger partial charge in [0.15, 0.2) is 9.84 Å². The molecule has 5 heteroatoms. The lowest BCUT2D eigenvalue weighted by molar-refractivity contribution is -0.120. The number of nitrogens with one attached hydrogen (secondary N) is 1. The van der Waals surface area contributed by atoms with E-state index in [0.29, 0.717) is 25.3 Å². The van der Waals surface area contributed by atoms with Crippen molar-refractivity contribution in [3.63, 3.8) is 0 Å². The number of Topliss-reactive ketones (excluding diaryl/α,β-unsaturated/α-hetero) is 1. The summed E-state index contributed by atoms with van der Waals surface area (Å²) in [5, 5.41) is 3.14. The van der Waals surface area contributed by atoms with Gasteiger partial charge in [0.25, 0.3) is 0 Å². The average Bonchev–Trinajstić information content (AvgIpc) is 2.28. The molecule has 0 aromatic carbocycles. The Morgan fingerprint density at radius 3 is 2.50 bits per heavy atom. The molecule has 18 heavy (non-hydrogen) atoms. The van der Waals surface area contributed by atoms with Gasteiger partial charge in [0, 0.05) is 25.4 Å². The number of hydrogen-bond donors (Lipinski definition) is 1. The topological polar surface area (TPSA) is 63.2 Å². The summed E-state index contributed by atoms with van der Waals surface area (Å²) >= 11 is 0. The lowest BCUT2D eigenvalue weighted by Crippen LogP contribution is -2.46. The Hall–Kier alpha value is -0.420. The summed E-state index contributed by atoms with van der Waals surface area (Å²) in [6.07, 6.45) is 7.16. The number of rotatable bonds is 4. The number of carbonyl (C=O) groups is 1. The molecule has 1 saturated heterocycles. The molecular weight excluding hydrogens is 250 g/mol. The smallest absolute Gasteiger partial charge is 0.153 e. The van der Waals surface area contributed by atoms with E-state index in [1.54, 1.807) is 0 Å². The van der Waals surface area contributed by atoms with Gasteiger partial charge < -0.3 is 5.32 Å². The quantitative estimate of drug-likeness (QED) is 0.838. The van der Waals surface area contributed by atoms with Crippen molar-refractivity contribution >= 4 is 15.6 Å². The van der Waals surface area contributed by atoms with Crippen LogP contribution in [-0.4, -0.2) is 38.3 Å². The molecule has 2 rings (SSSR count). The van der Waals surface area contributed by atoms with E-state index >= 15 is 0 Å². The fourth-order valence-corrected chi connectivity index (χ4v) is 4.51. The van der Waals surface area contributed by atoms with Crippen molar-refractivity contribution in [3.8, 4) is 0 Å². The second kappa shape index (κ2) is 6.15. The van der Waals surface area contributed by atoms with Gasteiger partial charge in [-0.15, -0.1) is 0 Å². The lowest BCUT2D eigenvalue weighted by atomic mass is 9.85. The van der Waals surface area contributed by atoms with Gasteiger partial charge in [0.2, 0.25) is 0 Å². The molecule has 1 aliphatic carbocycles. The SMILES string of the molecule is O=C(CC1CCCCC1)CC1CS(=O)(=O)CCN1. The Bertz CT molecular complexity index is 385. The predicted molar refractivity (Wildman–Crippen MR) is 71.3 cm³/mol. The normalized spacial score (nSPS) is 29.0. The average molecular weight is 273 g/mol. The number of ketones is 1. The molecule has 1 N–H and O–H groups in total. The van der Waals surface area contributed by atoms with Gasteiger partial charge >= 0.3 is 0 Å². The van der Waals surface area contributed by atoms with Crippen molar-refractivity contribution < 1.29 is 13.2 Å². The third kappa shape index (κ3) is 4.35. The first kappa shape index (κ1) is 14.0. The molecular formula is C13H23NO3S. The Kier molecular flexibility index (Phi) is 4.78. The molecule has 0 aromatic heterocycles. The Balaban J connectivity index is 1.76. The molecule has 0 spiro atoms. The number of hydrogen-bond acceptors (Lipinski definition) is 4. The molecule has 1 heterocycles. The molecule has 1 atom stereocenters. The first-order valence-corrected chi connectivity index (χ1v) is 8.83. The van der Waals surface area contributed by atoms with E-state index < -0.39 is 9.84 Å². The van der Waals surface area contributed by atoms with Crippen LogP contribution in [0.5, 0.6) is 0 Å². The summed E-state index contributed by atoms with van der Waals surface area (Å²) in [6.45, 7) is 0.490. The monoisotopic (exact) mass is 273 g/mol. The third-order valence-corrected chi connectivity index (χ3v) is 5.75. The van der Waals surface area contributed by atoms with Crippen LogP contribution in [-0.2, 0) is 14.6 Å². The minimum Gasteiger partial charge on any atom is -0.312 e. The van der Waals surface area contributed by atoms with Gasteiger partial charge in [-0.25, -0.2) is 8.42 Å². The first-order valence-electron chi connectivity index (χ1n) is 7.01. The highest BCUT2D eigenvalue weighted by Gasteiger charge is 2.26. The zero-order valence-corrected chi connectivity index (χ0v) is 11.7. The molecule has 1 unspecified atom stereocenters. The zero-order chi connectivity index (χ0) is 13.0. The minimum absolute atomic E-state index is 0.128. The van der Waals surface area contributed by atoms with E-state index in [0.717, 1.165) is 0 Å². The standard InChI is InChI=1S/C13H23NO3S/c15-13(8-11-4-2-1-3-5-11)9-12-10-18(16,17)7-6-14-12/h11-12,14H,1-10H2. The van der Waals surface area contributed by atoms with E-state index in [-0.39, 0.29) is 23.3 Å². The summed E-state index contributed by atoms with van der Waals surface area (Å²) in [5.74, 6) is 1.12. The van der Waals surface area contributed by atoms with Crippen molar-refractivity contribution in [2.45, 2.75) is 51.0 Å². The summed E-state index contributed by atoms with van der Waals surface area (Å²) in [5.41, 5.74) is 0. The van der Waals surface area contributed by atoms with Crippen molar-refractivity contribution in [3.05, 3.63) is 0 Å². The van der Waals surface area contributed by atoms with Crippen LogP contribution in [0.2, 0.25) is 0 Å². The molecule has 104 valence electrons. The van der Waals surface area contributed by atoms with Gasteiger partial charge in [0.1, 0.15) is 5.78 Å². The Morgan fingerprint density at radius 1 is 1.11 bits per heavy atom. The maximum absolute atomic E-state index is 12.0. The fourth-order valence-electron chi connectivity index (χ4n) is 3.07. The maximum Gasteiger partial charge on any atom is 0.153 e. The Labute approximate surface area is 109 Å². The van der Waals surface area contributed by atoms with Crippen LogP contribution >= 0.6 is 0 Å². The van der Waals surface area contributed by atoms with E-state index in [4.69, 9.17) is 0 Å². The van der Waals surface area contributed by atoms with Crippen LogP contribution < -0.4 is 5.32 Å². The second-order valence-electron chi connectivity index (χ2n) is 5.72. The van der Waals surface area contributed by atoms with Gasteiger partial charge in [-0.05, 0) is 5.92 Å². The maximum atomic E-state index is 12.0. The molecule has 0 amide bonds. The fraction of sp³-hybridized carbons (Fsp3) is 0.923. The number of carbonyl (C=O) groups excluding carboxylic acids is 1. The van der Waals surface area contributed by atoms with Gasteiger partial charge in [-0.1, -0.05) is 32.1 Å². The lowest BCUT2D eigenvalue weighted by Gasteiger charge is -2.25. The van der Waals surface area contributed by atoms with Crippen LogP contribution in [0.25, 0.3) is 0 Å². The number of sulfone groups is 1. The van der Waals surface area contributed by atoms with Crippen molar-refractivity contribution in [1.82, 2.24) is 5.32 Å². The molecule has 4 nitrogen and oxygen atoms in total. The molecule has 2 fully saturated rings. The second-order valence-corrected chi connectivity index (χ2v) is 7.95. The first-order chi connectivity index (χ1) is 8.55. The molecule has 0 bridgehead atoms. The van der Waals surface area contributed by atoms with Crippen molar-refractivity contribution in [1.29, 1.82) is 0 Å². The summed E-state index contributed by atoms with van der Waals surface area (Å²) < 4.78 is 23.0. The van der Waals surface area contributed by atoms with Crippen molar-refractivity contribution in [2.75, 3.05) is 18.1 Å².